The minimum absolute atomic E-state index is 0.0573. The molecule has 3 nitrogen and oxygen atoms in total. The molecular formula is C11H10BrClO3. The second kappa shape index (κ2) is 5.46. The molecule has 1 aromatic rings. The maximum absolute atomic E-state index is 11.3. The summed E-state index contributed by atoms with van der Waals surface area (Å²) >= 11 is 9.09. The first kappa shape index (κ1) is 13.2. The lowest BCUT2D eigenvalue weighted by molar-refractivity contribution is -0.116. The quantitative estimate of drug-likeness (QED) is 0.636. The Morgan fingerprint density at radius 2 is 2.00 bits per heavy atom. The topological polar surface area (TPSA) is 43.4 Å². The van der Waals surface area contributed by atoms with Gasteiger partial charge in [0.25, 0.3) is 0 Å². The summed E-state index contributed by atoms with van der Waals surface area (Å²) in [5.41, 5.74) is 0.969. The van der Waals surface area contributed by atoms with Gasteiger partial charge in [0.2, 0.25) is 0 Å². The third-order valence-corrected chi connectivity index (χ3v) is 3.38. The Morgan fingerprint density at radius 3 is 2.50 bits per heavy atom. The molecule has 0 saturated carbocycles. The molecule has 0 aliphatic rings. The SMILES string of the molecule is COC(=O)c1cc(Cl)cc(C(Br)C(C)=O)c1. The van der Waals surface area contributed by atoms with Gasteiger partial charge in [0.1, 0.15) is 5.78 Å². The van der Waals surface area contributed by atoms with Gasteiger partial charge in [-0.15, -0.1) is 0 Å². The summed E-state index contributed by atoms with van der Waals surface area (Å²) in [5.74, 6) is -0.537. The second-order valence-electron chi connectivity index (χ2n) is 3.24. The number of Topliss-reactive ketones (excluding diaryl/α,β-unsaturated/α-hetero) is 1. The van der Waals surface area contributed by atoms with E-state index >= 15 is 0 Å². The molecule has 0 bridgehead atoms. The standard InChI is InChI=1S/C11H10BrClO3/c1-6(14)10(12)7-3-8(11(15)16-2)5-9(13)4-7/h3-5,10H,1-2H3. The van der Waals surface area contributed by atoms with Crippen molar-refractivity contribution in [2.24, 2.45) is 0 Å². The van der Waals surface area contributed by atoms with Gasteiger partial charge in [-0.1, -0.05) is 27.5 Å². The second-order valence-corrected chi connectivity index (χ2v) is 4.59. The minimum Gasteiger partial charge on any atom is -0.465 e. The van der Waals surface area contributed by atoms with Gasteiger partial charge >= 0.3 is 5.97 Å². The summed E-state index contributed by atoms with van der Waals surface area (Å²) in [4.78, 5) is 22.1. The van der Waals surface area contributed by atoms with Gasteiger partial charge in [-0.25, -0.2) is 4.79 Å². The zero-order valence-corrected chi connectivity index (χ0v) is 11.1. The van der Waals surface area contributed by atoms with Crippen LogP contribution in [0.25, 0.3) is 0 Å². The van der Waals surface area contributed by atoms with E-state index in [1.807, 2.05) is 0 Å². The van der Waals surface area contributed by atoms with Gasteiger partial charge < -0.3 is 4.74 Å². The van der Waals surface area contributed by atoms with Gasteiger partial charge in [0.15, 0.2) is 0 Å². The molecule has 0 saturated heterocycles. The number of carbonyl (C=O) groups excluding carboxylic acids is 2. The largest absolute Gasteiger partial charge is 0.465 e. The van der Waals surface area contributed by atoms with Crippen LogP contribution < -0.4 is 0 Å². The van der Waals surface area contributed by atoms with E-state index in [1.165, 1.54) is 20.1 Å². The first-order chi connectivity index (χ1) is 7.45. The van der Waals surface area contributed by atoms with Crippen LogP contribution in [-0.4, -0.2) is 18.9 Å². The predicted octanol–water partition coefficient (Wildman–Crippen LogP) is 3.15. The number of ketones is 1. The first-order valence-corrected chi connectivity index (χ1v) is 5.78. The van der Waals surface area contributed by atoms with Crippen molar-refractivity contribution in [2.75, 3.05) is 7.11 Å². The number of hydrogen-bond donors (Lipinski definition) is 0. The fraction of sp³-hybridized carbons (Fsp3) is 0.273. The zero-order valence-electron chi connectivity index (χ0n) is 8.79. The van der Waals surface area contributed by atoms with Crippen molar-refractivity contribution in [2.45, 2.75) is 11.8 Å². The fourth-order valence-electron chi connectivity index (χ4n) is 1.23. The van der Waals surface area contributed by atoms with Gasteiger partial charge in [0.05, 0.1) is 17.5 Å². The third-order valence-electron chi connectivity index (χ3n) is 1.99. The third kappa shape index (κ3) is 3.06. The fourth-order valence-corrected chi connectivity index (χ4v) is 1.74. The average Bonchev–Trinajstić information content (AvgIpc) is 2.25. The molecule has 0 heterocycles. The number of esters is 1. The number of ether oxygens (including phenoxy) is 1. The van der Waals surface area contributed by atoms with E-state index in [0.717, 1.165) is 0 Å². The van der Waals surface area contributed by atoms with E-state index in [-0.39, 0.29) is 5.78 Å². The number of hydrogen-bond acceptors (Lipinski definition) is 3. The average molecular weight is 306 g/mol. The van der Waals surface area contributed by atoms with Crippen molar-refractivity contribution in [3.8, 4) is 0 Å². The van der Waals surface area contributed by atoms with Gasteiger partial charge in [-0.05, 0) is 30.7 Å². The van der Waals surface area contributed by atoms with E-state index < -0.39 is 10.8 Å². The zero-order chi connectivity index (χ0) is 12.3. The number of rotatable bonds is 3. The highest BCUT2D eigenvalue weighted by molar-refractivity contribution is 9.09. The van der Waals surface area contributed by atoms with Crippen LogP contribution in [-0.2, 0) is 9.53 Å². The lowest BCUT2D eigenvalue weighted by atomic mass is 10.1. The molecule has 1 atom stereocenters. The summed E-state index contributed by atoms with van der Waals surface area (Å²) in [6, 6.07) is 4.71. The molecule has 0 aliphatic carbocycles. The molecule has 1 unspecified atom stereocenters. The highest BCUT2D eigenvalue weighted by Crippen LogP contribution is 2.27. The van der Waals surface area contributed by atoms with Gasteiger partial charge in [-0.2, -0.15) is 0 Å². The Labute approximate surface area is 107 Å². The molecule has 0 aromatic heterocycles. The normalized spacial score (nSPS) is 12.0. The molecule has 0 spiro atoms. The van der Waals surface area contributed by atoms with Crippen LogP contribution in [0.15, 0.2) is 18.2 Å². The highest BCUT2D eigenvalue weighted by atomic mass is 79.9. The van der Waals surface area contributed by atoms with Crippen molar-refractivity contribution in [3.05, 3.63) is 34.3 Å². The van der Waals surface area contributed by atoms with E-state index in [4.69, 9.17) is 11.6 Å². The van der Waals surface area contributed by atoms with Crippen LogP contribution in [0.2, 0.25) is 5.02 Å². The van der Waals surface area contributed by atoms with E-state index in [9.17, 15) is 9.59 Å². The number of carbonyl (C=O) groups is 2. The maximum atomic E-state index is 11.3. The number of benzene rings is 1. The van der Waals surface area contributed by atoms with Crippen molar-refractivity contribution in [1.29, 1.82) is 0 Å². The lowest BCUT2D eigenvalue weighted by Crippen LogP contribution is -2.05. The molecule has 0 radical (unpaired) electrons. The smallest absolute Gasteiger partial charge is 0.337 e. The van der Waals surface area contributed by atoms with Crippen molar-refractivity contribution in [1.82, 2.24) is 0 Å². The molecular weight excluding hydrogens is 295 g/mol. The van der Waals surface area contributed by atoms with Crippen molar-refractivity contribution in [3.63, 3.8) is 0 Å². The maximum Gasteiger partial charge on any atom is 0.337 e. The summed E-state index contributed by atoms with van der Waals surface area (Å²) < 4.78 is 4.59. The molecule has 86 valence electrons. The summed E-state index contributed by atoms with van der Waals surface area (Å²) in [5, 5.41) is 0.392. The monoisotopic (exact) mass is 304 g/mol. The minimum atomic E-state index is -0.480. The molecule has 0 fully saturated rings. The van der Waals surface area contributed by atoms with E-state index in [1.54, 1.807) is 12.1 Å². The molecule has 1 rings (SSSR count). The Bertz CT molecular complexity index is 431. The highest BCUT2D eigenvalue weighted by Gasteiger charge is 2.16. The van der Waals surface area contributed by atoms with Crippen LogP contribution in [0.1, 0.15) is 27.7 Å². The van der Waals surface area contributed by atoms with Gasteiger partial charge in [0, 0.05) is 5.02 Å². The molecule has 5 heteroatoms. The Morgan fingerprint density at radius 1 is 1.38 bits per heavy atom. The van der Waals surface area contributed by atoms with Crippen LogP contribution in [0, 0.1) is 0 Å². The predicted molar refractivity (Wildman–Crippen MR) is 65.1 cm³/mol. The van der Waals surface area contributed by atoms with E-state index in [2.05, 4.69) is 20.7 Å². The van der Waals surface area contributed by atoms with Crippen LogP contribution in [0.4, 0.5) is 0 Å². The summed E-state index contributed by atoms with van der Waals surface area (Å²) in [6.45, 7) is 1.46. The van der Waals surface area contributed by atoms with Crippen LogP contribution in [0.5, 0.6) is 0 Å². The molecule has 16 heavy (non-hydrogen) atoms. The van der Waals surface area contributed by atoms with Gasteiger partial charge in [-0.3, -0.25) is 4.79 Å². The number of halogens is 2. The molecule has 0 amide bonds. The molecule has 1 aromatic carbocycles. The van der Waals surface area contributed by atoms with Crippen LogP contribution >= 0.6 is 27.5 Å². The van der Waals surface area contributed by atoms with Crippen molar-refractivity contribution >= 4 is 39.3 Å². The van der Waals surface area contributed by atoms with Crippen LogP contribution in [0.3, 0.4) is 0 Å². The number of alkyl halides is 1. The Balaban J connectivity index is 3.17. The Hall–Kier alpha value is -0.870. The lowest BCUT2D eigenvalue weighted by Gasteiger charge is -2.08. The molecule has 0 N–H and O–H groups in total. The Kier molecular flexibility index (Phi) is 4.50. The summed E-state index contributed by atoms with van der Waals surface area (Å²) in [6.07, 6.45) is 0. The number of methoxy groups -OCH3 is 1. The first-order valence-electron chi connectivity index (χ1n) is 4.49. The summed E-state index contributed by atoms with van der Waals surface area (Å²) in [7, 11) is 1.29. The van der Waals surface area contributed by atoms with E-state index in [0.29, 0.717) is 16.1 Å². The molecule has 0 aliphatic heterocycles. The van der Waals surface area contributed by atoms with Crippen molar-refractivity contribution < 1.29 is 14.3 Å².